The molecule has 35 heavy (non-hydrogen) atoms. The number of hydrogen-bond acceptors (Lipinski definition) is 5. The number of aromatic nitrogens is 1. The Morgan fingerprint density at radius 1 is 1.09 bits per heavy atom. The smallest absolute Gasteiger partial charge is 0.270 e. The van der Waals surface area contributed by atoms with Gasteiger partial charge in [-0.15, -0.1) is 0 Å². The largest absolute Gasteiger partial charge is 0.352 e. The summed E-state index contributed by atoms with van der Waals surface area (Å²) in [7, 11) is 2.07. The number of rotatable bonds is 7. The van der Waals surface area contributed by atoms with Gasteiger partial charge in [0.15, 0.2) is 0 Å². The Morgan fingerprint density at radius 3 is 2.63 bits per heavy atom. The van der Waals surface area contributed by atoms with Crippen LogP contribution in [0.25, 0.3) is 22.0 Å². The van der Waals surface area contributed by atoms with Crippen molar-refractivity contribution in [3.8, 4) is 11.3 Å². The summed E-state index contributed by atoms with van der Waals surface area (Å²) >= 11 is 0. The van der Waals surface area contributed by atoms with Crippen molar-refractivity contribution in [3.05, 3.63) is 72.9 Å². The predicted octanol–water partition coefficient (Wildman–Crippen LogP) is 2.97. The number of nitrogens with one attached hydrogen (secondary N) is 3. The van der Waals surface area contributed by atoms with Crippen molar-refractivity contribution in [1.82, 2.24) is 20.5 Å². The molecular formula is C27H29N5O3. The van der Waals surface area contributed by atoms with Gasteiger partial charge in [-0.3, -0.25) is 14.4 Å². The first-order valence-electron chi connectivity index (χ1n) is 11.6. The lowest BCUT2D eigenvalue weighted by molar-refractivity contribution is -0.121. The van der Waals surface area contributed by atoms with Crippen molar-refractivity contribution in [2.45, 2.75) is 18.9 Å². The van der Waals surface area contributed by atoms with E-state index in [4.69, 9.17) is 0 Å². The number of anilines is 1. The summed E-state index contributed by atoms with van der Waals surface area (Å²) in [6.07, 6.45) is 3.04. The number of fused-ring (bicyclic) bond motifs is 1. The van der Waals surface area contributed by atoms with Crippen LogP contribution in [-0.2, 0) is 9.59 Å². The minimum atomic E-state index is -0.412. The second-order valence-electron chi connectivity index (χ2n) is 8.67. The first-order valence-corrected chi connectivity index (χ1v) is 11.6. The van der Waals surface area contributed by atoms with E-state index in [1.54, 1.807) is 12.1 Å². The molecule has 1 fully saturated rings. The maximum Gasteiger partial charge on any atom is 0.270 e. The van der Waals surface area contributed by atoms with E-state index in [0.717, 1.165) is 42.3 Å². The van der Waals surface area contributed by atoms with Crippen molar-refractivity contribution >= 4 is 34.2 Å². The Morgan fingerprint density at radius 2 is 1.86 bits per heavy atom. The second kappa shape index (κ2) is 10.9. The van der Waals surface area contributed by atoms with Gasteiger partial charge in [0.25, 0.3) is 5.91 Å². The SMILES string of the molecule is C=CC(=O)Nc1cccc2ccc(-c3cccc(C(=O)NCC(=O)NC4CCN(C)CC4)n3)cc12. The molecule has 180 valence electrons. The molecule has 4 rings (SSSR count). The van der Waals surface area contributed by atoms with E-state index in [2.05, 4.69) is 39.5 Å². The van der Waals surface area contributed by atoms with Gasteiger partial charge in [-0.25, -0.2) is 4.98 Å². The number of benzene rings is 2. The normalized spacial score (nSPS) is 14.3. The summed E-state index contributed by atoms with van der Waals surface area (Å²) in [4.78, 5) is 43.5. The molecule has 2 heterocycles. The van der Waals surface area contributed by atoms with E-state index in [0.29, 0.717) is 11.4 Å². The van der Waals surface area contributed by atoms with E-state index in [1.807, 2.05) is 42.5 Å². The van der Waals surface area contributed by atoms with Gasteiger partial charge in [-0.2, -0.15) is 0 Å². The van der Waals surface area contributed by atoms with Gasteiger partial charge < -0.3 is 20.9 Å². The topological polar surface area (TPSA) is 103 Å². The highest BCUT2D eigenvalue weighted by Gasteiger charge is 2.19. The Labute approximate surface area is 204 Å². The van der Waals surface area contributed by atoms with Crippen molar-refractivity contribution in [3.63, 3.8) is 0 Å². The van der Waals surface area contributed by atoms with Gasteiger partial charge in [0.2, 0.25) is 11.8 Å². The third kappa shape index (κ3) is 6.10. The molecule has 0 bridgehead atoms. The predicted molar refractivity (Wildman–Crippen MR) is 137 cm³/mol. The highest BCUT2D eigenvalue weighted by Crippen LogP contribution is 2.28. The molecule has 0 aliphatic carbocycles. The first kappa shape index (κ1) is 24.1. The van der Waals surface area contributed by atoms with Gasteiger partial charge >= 0.3 is 0 Å². The van der Waals surface area contributed by atoms with Crippen LogP contribution in [-0.4, -0.2) is 60.3 Å². The summed E-state index contributed by atoms with van der Waals surface area (Å²) < 4.78 is 0. The summed E-state index contributed by atoms with van der Waals surface area (Å²) in [6, 6.07) is 16.8. The van der Waals surface area contributed by atoms with Gasteiger partial charge in [-0.1, -0.05) is 36.9 Å². The number of amides is 3. The maximum absolute atomic E-state index is 12.7. The number of piperidine rings is 1. The molecule has 0 atom stereocenters. The molecule has 3 aromatic rings. The zero-order valence-corrected chi connectivity index (χ0v) is 19.7. The van der Waals surface area contributed by atoms with Gasteiger partial charge in [-0.05, 0) is 68.7 Å². The summed E-state index contributed by atoms with van der Waals surface area (Å²) in [5, 5.41) is 10.3. The summed E-state index contributed by atoms with van der Waals surface area (Å²) in [5.74, 6) is -0.905. The molecule has 0 unspecified atom stereocenters. The highest BCUT2D eigenvalue weighted by atomic mass is 16.2. The number of carbonyl (C=O) groups excluding carboxylic acids is 3. The van der Waals surface area contributed by atoms with Crippen molar-refractivity contribution < 1.29 is 14.4 Å². The molecule has 1 aliphatic rings. The molecule has 0 saturated carbocycles. The fourth-order valence-corrected chi connectivity index (χ4v) is 4.13. The minimum absolute atomic E-state index is 0.0978. The molecule has 8 nitrogen and oxygen atoms in total. The third-order valence-electron chi connectivity index (χ3n) is 6.10. The monoisotopic (exact) mass is 471 g/mol. The van der Waals surface area contributed by atoms with Crippen LogP contribution in [0.1, 0.15) is 23.3 Å². The highest BCUT2D eigenvalue weighted by molar-refractivity contribution is 6.06. The average Bonchev–Trinajstić information content (AvgIpc) is 2.88. The lowest BCUT2D eigenvalue weighted by Crippen LogP contribution is -2.46. The lowest BCUT2D eigenvalue weighted by Gasteiger charge is -2.29. The van der Waals surface area contributed by atoms with Gasteiger partial charge in [0.05, 0.1) is 12.2 Å². The molecule has 1 aromatic heterocycles. The molecule has 3 amide bonds. The van der Waals surface area contributed by atoms with Crippen LogP contribution in [0.2, 0.25) is 0 Å². The Balaban J connectivity index is 1.45. The lowest BCUT2D eigenvalue weighted by atomic mass is 10.0. The van der Waals surface area contributed by atoms with Crippen LogP contribution < -0.4 is 16.0 Å². The van der Waals surface area contributed by atoms with Crippen LogP contribution in [0.3, 0.4) is 0 Å². The van der Waals surface area contributed by atoms with Crippen molar-refractivity contribution in [2.24, 2.45) is 0 Å². The molecular weight excluding hydrogens is 442 g/mol. The molecule has 1 saturated heterocycles. The standard InChI is InChI=1S/C27H29N5O3/c1-3-25(33)31-23-8-4-6-18-10-11-19(16-21(18)23)22-7-5-9-24(30-22)27(35)28-17-26(34)29-20-12-14-32(2)15-13-20/h3-11,16,20H,1,12-15,17H2,2H3,(H,28,35)(H,29,34)(H,31,33). The molecule has 1 aliphatic heterocycles. The Hall–Kier alpha value is -4.04. The van der Waals surface area contributed by atoms with E-state index in [1.165, 1.54) is 6.08 Å². The molecule has 3 N–H and O–H groups in total. The van der Waals surface area contributed by atoms with Gasteiger partial charge in [0, 0.05) is 22.7 Å². The molecule has 0 spiro atoms. The minimum Gasteiger partial charge on any atom is -0.352 e. The van der Waals surface area contributed by atoms with E-state index < -0.39 is 5.91 Å². The summed E-state index contributed by atoms with van der Waals surface area (Å²) in [6.45, 7) is 5.30. The second-order valence-corrected chi connectivity index (χ2v) is 8.67. The van der Waals surface area contributed by atoms with E-state index in [-0.39, 0.29) is 30.1 Å². The number of hydrogen-bond donors (Lipinski definition) is 3. The van der Waals surface area contributed by atoms with Crippen LogP contribution in [0.5, 0.6) is 0 Å². The molecule has 0 radical (unpaired) electrons. The molecule has 8 heteroatoms. The van der Waals surface area contributed by atoms with Crippen LogP contribution >= 0.6 is 0 Å². The summed E-state index contributed by atoms with van der Waals surface area (Å²) in [5.41, 5.74) is 2.30. The first-order chi connectivity index (χ1) is 16.9. The zero-order chi connectivity index (χ0) is 24.8. The van der Waals surface area contributed by atoms with E-state index in [9.17, 15) is 14.4 Å². The van der Waals surface area contributed by atoms with Crippen molar-refractivity contribution in [1.29, 1.82) is 0 Å². The third-order valence-corrected chi connectivity index (χ3v) is 6.10. The maximum atomic E-state index is 12.7. The number of nitrogens with zero attached hydrogens (tertiary/aromatic N) is 2. The Bertz CT molecular complexity index is 1260. The number of carbonyl (C=O) groups is 3. The fraction of sp³-hybridized carbons (Fsp3) is 0.259. The van der Waals surface area contributed by atoms with Crippen molar-refractivity contribution in [2.75, 3.05) is 32.0 Å². The number of likely N-dealkylation sites (tertiary alicyclic amines) is 1. The number of pyridine rings is 1. The van der Waals surface area contributed by atoms with E-state index >= 15 is 0 Å². The fourth-order valence-electron chi connectivity index (χ4n) is 4.13. The quantitative estimate of drug-likeness (QED) is 0.460. The Kier molecular flexibility index (Phi) is 7.52. The van der Waals surface area contributed by atoms with Crippen LogP contribution in [0.15, 0.2) is 67.3 Å². The average molecular weight is 472 g/mol. The zero-order valence-electron chi connectivity index (χ0n) is 19.7. The van der Waals surface area contributed by atoms with Gasteiger partial charge in [0.1, 0.15) is 5.69 Å². The molecule has 2 aromatic carbocycles. The van der Waals surface area contributed by atoms with Crippen LogP contribution in [0, 0.1) is 0 Å². The van der Waals surface area contributed by atoms with Crippen LogP contribution in [0.4, 0.5) is 5.69 Å².